The van der Waals surface area contributed by atoms with E-state index in [1.165, 1.54) is 0 Å². The van der Waals surface area contributed by atoms with Crippen LogP contribution in [0.1, 0.15) is 13.3 Å². The van der Waals surface area contributed by atoms with E-state index in [9.17, 15) is 0 Å². The van der Waals surface area contributed by atoms with E-state index in [4.69, 9.17) is 4.74 Å². The summed E-state index contributed by atoms with van der Waals surface area (Å²) in [5, 5.41) is 3.06. The average Bonchev–Trinajstić information content (AvgIpc) is 2.34. The van der Waals surface area contributed by atoms with E-state index in [1.807, 2.05) is 0 Å². The topological polar surface area (TPSA) is 33.6 Å². The van der Waals surface area contributed by atoms with Crippen molar-refractivity contribution in [1.82, 2.24) is 5.32 Å². The molecule has 0 atom stereocenters. The number of hydrogen-bond donors (Lipinski definition) is 1. The lowest BCUT2D eigenvalue weighted by Gasteiger charge is -2.01. The van der Waals surface area contributed by atoms with E-state index >= 15 is 0 Å². The Morgan fingerprint density at radius 3 is 3.22 bits per heavy atom. The molecule has 0 radical (unpaired) electrons. The van der Waals surface area contributed by atoms with Gasteiger partial charge in [0.15, 0.2) is 0 Å². The SMILES string of the molecule is CCCNC1=NCCO1. The molecule has 9 heavy (non-hydrogen) atoms. The molecule has 1 aliphatic heterocycles. The molecule has 1 N–H and O–H groups in total. The normalized spacial score (nSPS) is 16.8. The zero-order valence-electron chi connectivity index (χ0n) is 5.68. The third-order valence-electron chi connectivity index (χ3n) is 1.11. The molecule has 0 aliphatic carbocycles. The van der Waals surface area contributed by atoms with Crippen molar-refractivity contribution in [2.45, 2.75) is 13.3 Å². The summed E-state index contributed by atoms with van der Waals surface area (Å²) in [5.41, 5.74) is 0. The fourth-order valence-corrected chi connectivity index (χ4v) is 0.674. The van der Waals surface area contributed by atoms with Crippen molar-refractivity contribution in [3.05, 3.63) is 0 Å². The molecular formula is C6H12N2O. The maximum Gasteiger partial charge on any atom is 0.284 e. The minimum Gasteiger partial charge on any atom is -0.463 e. The monoisotopic (exact) mass is 128 g/mol. The van der Waals surface area contributed by atoms with E-state index in [-0.39, 0.29) is 0 Å². The summed E-state index contributed by atoms with van der Waals surface area (Å²) in [7, 11) is 0. The smallest absolute Gasteiger partial charge is 0.284 e. The van der Waals surface area contributed by atoms with Gasteiger partial charge in [0.05, 0.1) is 6.54 Å². The molecule has 1 rings (SSSR count). The Balaban J connectivity index is 2.11. The first-order chi connectivity index (χ1) is 4.43. The minimum absolute atomic E-state index is 0.719. The summed E-state index contributed by atoms with van der Waals surface area (Å²) in [6, 6.07) is 0.719. The van der Waals surface area contributed by atoms with Crippen molar-refractivity contribution in [1.29, 1.82) is 0 Å². The third-order valence-corrected chi connectivity index (χ3v) is 1.11. The number of ether oxygens (including phenoxy) is 1. The summed E-state index contributed by atoms with van der Waals surface area (Å²) in [4.78, 5) is 4.06. The van der Waals surface area contributed by atoms with Crippen molar-refractivity contribution in [3.63, 3.8) is 0 Å². The highest BCUT2D eigenvalue weighted by Crippen LogP contribution is 1.89. The first-order valence-electron chi connectivity index (χ1n) is 3.34. The average molecular weight is 128 g/mol. The zero-order chi connectivity index (χ0) is 6.53. The Morgan fingerprint density at radius 2 is 2.67 bits per heavy atom. The summed E-state index contributed by atoms with van der Waals surface area (Å²) < 4.78 is 5.09. The lowest BCUT2D eigenvalue weighted by atomic mass is 10.5. The van der Waals surface area contributed by atoms with Gasteiger partial charge in [0.2, 0.25) is 0 Å². The maximum absolute atomic E-state index is 5.09. The fourth-order valence-electron chi connectivity index (χ4n) is 0.674. The van der Waals surface area contributed by atoms with E-state index in [0.717, 1.165) is 32.1 Å². The van der Waals surface area contributed by atoms with Crippen molar-refractivity contribution >= 4 is 6.02 Å². The second kappa shape index (κ2) is 3.33. The van der Waals surface area contributed by atoms with Crippen LogP contribution in [0.4, 0.5) is 0 Å². The summed E-state index contributed by atoms with van der Waals surface area (Å²) in [6.07, 6.45) is 1.11. The molecule has 0 unspecified atom stereocenters. The summed E-state index contributed by atoms with van der Waals surface area (Å²) in [5.74, 6) is 0. The first kappa shape index (κ1) is 6.39. The molecule has 0 fully saturated rings. The molecule has 0 saturated carbocycles. The lowest BCUT2D eigenvalue weighted by Crippen LogP contribution is -2.23. The third kappa shape index (κ3) is 1.91. The van der Waals surface area contributed by atoms with Crippen LogP contribution >= 0.6 is 0 Å². The molecule has 52 valence electrons. The highest BCUT2D eigenvalue weighted by molar-refractivity contribution is 5.74. The maximum atomic E-state index is 5.09. The number of hydrogen-bond acceptors (Lipinski definition) is 3. The van der Waals surface area contributed by atoms with Crippen LogP contribution in [0, 0.1) is 0 Å². The fraction of sp³-hybridized carbons (Fsp3) is 0.833. The quantitative estimate of drug-likeness (QED) is 0.583. The predicted molar refractivity (Wildman–Crippen MR) is 36.5 cm³/mol. The van der Waals surface area contributed by atoms with Crippen molar-refractivity contribution < 1.29 is 4.74 Å². The van der Waals surface area contributed by atoms with Crippen LogP contribution in [-0.4, -0.2) is 25.7 Å². The molecule has 0 bridgehead atoms. The highest BCUT2D eigenvalue weighted by atomic mass is 16.5. The molecule has 0 aromatic heterocycles. The van der Waals surface area contributed by atoms with Crippen LogP contribution in [0.25, 0.3) is 0 Å². The Kier molecular flexibility index (Phi) is 2.36. The van der Waals surface area contributed by atoms with E-state index in [1.54, 1.807) is 0 Å². The van der Waals surface area contributed by atoms with Gasteiger partial charge in [-0.05, 0) is 6.42 Å². The Bertz CT molecular complexity index is 112. The molecule has 3 heteroatoms. The van der Waals surface area contributed by atoms with Gasteiger partial charge in [-0.3, -0.25) is 0 Å². The summed E-state index contributed by atoms with van der Waals surface area (Å²) in [6.45, 7) is 4.62. The zero-order valence-corrected chi connectivity index (χ0v) is 5.68. The van der Waals surface area contributed by atoms with Crippen LogP contribution in [0.5, 0.6) is 0 Å². The van der Waals surface area contributed by atoms with Gasteiger partial charge in [-0.2, -0.15) is 0 Å². The van der Waals surface area contributed by atoms with Crippen LogP contribution in [0.3, 0.4) is 0 Å². The van der Waals surface area contributed by atoms with Gasteiger partial charge in [0.1, 0.15) is 6.61 Å². The summed E-state index contributed by atoms with van der Waals surface area (Å²) >= 11 is 0. The number of rotatable bonds is 2. The van der Waals surface area contributed by atoms with E-state index in [2.05, 4.69) is 17.2 Å². The predicted octanol–water partition coefficient (Wildman–Crippen LogP) is 0.372. The molecule has 1 heterocycles. The van der Waals surface area contributed by atoms with Crippen LogP contribution in [-0.2, 0) is 4.74 Å². The van der Waals surface area contributed by atoms with E-state index < -0.39 is 0 Å². The largest absolute Gasteiger partial charge is 0.463 e. The molecule has 0 saturated heterocycles. The number of nitrogens with one attached hydrogen (secondary N) is 1. The van der Waals surface area contributed by atoms with Crippen molar-refractivity contribution in [2.75, 3.05) is 19.7 Å². The van der Waals surface area contributed by atoms with E-state index in [0.29, 0.717) is 0 Å². The minimum atomic E-state index is 0.719. The van der Waals surface area contributed by atoms with Crippen LogP contribution in [0.15, 0.2) is 4.99 Å². The van der Waals surface area contributed by atoms with Crippen LogP contribution in [0.2, 0.25) is 0 Å². The Morgan fingerprint density at radius 1 is 1.78 bits per heavy atom. The van der Waals surface area contributed by atoms with Gasteiger partial charge < -0.3 is 10.1 Å². The van der Waals surface area contributed by atoms with Crippen LogP contribution < -0.4 is 5.32 Å². The van der Waals surface area contributed by atoms with Gasteiger partial charge in [-0.1, -0.05) is 6.92 Å². The number of aliphatic imine (C=N–C) groups is 1. The second-order valence-corrected chi connectivity index (χ2v) is 1.96. The van der Waals surface area contributed by atoms with Gasteiger partial charge in [-0.25, -0.2) is 4.99 Å². The van der Waals surface area contributed by atoms with Gasteiger partial charge in [0.25, 0.3) is 6.02 Å². The Labute approximate surface area is 55.1 Å². The van der Waals surface area contributed by atoms with Gasteiger partial charge in [0, 0.05) is 6.54 Å². The molecular weight excluding hydrogens is 116 g/mol. The second-order valence-electron chi connectivity index (χ2n) is 1.96. The molecule has 0 amide bonds. The molecule has 0 aromatic rings. The molecule has 0 aromatic carbocycles. The number of nitrogens with zero attached hydrogens (tertiary/aromatic N) is 1. The number of amidine groups is 1. The molecule has 0 spiro atoms. The molecule has 1 aliphatic rings. The van der Waals surface area contributed by atoms with Crippen molar-refractivity contribution in [2.24, 2.45) is 4.99 Å². The standard InChI is InChI=1S/C6H12N2O/c1-2-3-7-6-8-4-5-9-6/h2-5H2,1H3,(H,7,8). The molecule has 3 nitrogen and oxygen atoms in total. The Hall–Kier alpha value is -0.730. The van der Waals surface area contributed by atoms with Gasteiger partial charge >= 0.3 is 0 Å². The lowest BCUT2D eigenvalue weighted by molar-refractivity contribution is 0.331. The highest BCUT2D eigenvalue weighted by Gasteiger charge is 2.03. The first-order valence-corrected chi connectivity index (χ1v) is 3.34. The van der Waals surface area contributed by atoms with Crippen molar-refractivity contribution in [3.8, 4) is 0 Å². The van der Waals surface area contributed by atoms with Gasteiger partial charge in [-0.15, -0.1) is 0 Å².